The van der Waals surface area contributed by atoms with E-state index < -0.39 is 0 Å². The molecule has 0 spiro atoms. The van der Waals surface area contributed by atoms with Crippen molar-refractivity contribution in [1.29, 1.82) is 0 Å². The van der Waals surface area contributed by atoms with Crippen molar-refractivity contribution in [2.75, 3.05) is 5.32 Å². The van der Waals surface area contributed by atoms with Crippen LogP contribution in [0.25, 0.3) is 5.65 Å². The Bertz CT molecular complexity index is 641. The van der Waals surface area contributed by atoms with Crippen LogP contribution in [0.1, 0.15) is 10.7 Å². The predicted molar refractivity (Wildman–Crippen MR) is 69.4 cm³/mol. The van der Waals surface area contributed by atoms with Gasteiger partial charge in [-0.1, -0.05) is 6.07 Å². The largest absolute Gasteiger partial charge is 0.365 e. The fourth-order valence-corrected chi connectivity index (χ4v) is 2.45. The molecular weight excluding hydrogens is 232 g/mol. The monoisotopic (exact) mass is 244 g/mol. The van der Waals surface area contributed by atoms with Crippen molar-refractivity contribution in [3.05, 3.63) is 46.7 Å². The lowest BCUT2D eigenvalue weighted by molar-refractivity contribution is 1.04. The maximum Gasteiger partial charge on any atom is 0.138 e. The Hall–Kier alpha value is -1.88. The molecule has 5 heteroatoms. The first-order chi connectivity index (χ1) is 8.33. The summed E-state index contributed by atoms with van der Waals surface area (Å²) >= 11 is 1.68. The third-order valence-electron chi connectivity index (χ3n) is 2.52. The van der Waals surface area contributed by atoms with E-state index in [2.05, 4.69) is 20.7 Å². The van der Waals surface area contributed by atoms with Crippen LogP contribution in [0.3, 0.4) is 0 Å². The number of hydrogen-bond acceptors (Lipinski definition) is 4. The summed E-state index contributed by atoms with van der Waals surface area (Å²) in [6, 6.07) is 6.02. The van der Waals surface area contributed by atoms with Gasteiger partial charge in [0.1, 0.15) is 16.5 Å². The van der Waals surface area contributed by atoms with E-state index in [0.29, 0.717) is 0 Å². The fraction of sp³-hybridized carbons (Fsp3) is 0.167. The molecule has 0 amide bonds. The van der Waals surface area contributed by atoms with E-state index in [1.807, 2.05) is 35.7 Å². The molecule has 0 aliphatic heterocycles. The zero-order chi connectivity index (χ0) is 11.7. The molecule has 86 valence electrons. The van der Waals surface area contributed by atoms with Gasteiger partial charge in [-0.25, -0.2) is 9.97 Å². The van der Waals surface area contributed by atoms with Crippen LogP contribution in [-0.2, 0) is 6.54 Å². The minimum atomic E-state index is 0.746. The van der Waals surface area contributed by atoms with Gasteiger partial charge in [-0.05, 0) is 19.1 Å². The number of nitrogens with zero attached hydrogens (tertiary/aromatic N) is 3. The molecule has 0 aliphatic carbocycles. The van der Waals surface area contributed by atoms with Gasteiger partial charge < -0.3 is 5.32 Å². The van der Waals surface area contributed by atoms with Gasteiger partial charge in [-0.15, -0.1) is 11.3 Å². The third kappa shape index (κ3) is 2.01. The van der Waals surface area contributed by atoms with Crippen LogP contribution >= 0.6 is 11.3 Å². The molecule has 0 fully saturated rings. The van der Waals surface area contributed by atoms with E-state index in [9.17, 15) is 0 Å². The summed E-state index contributed by atoms with van der Waals surface area (Å²) in [6.07, 6.45) is 3.75. The van der Waals surface area contributed by atoms with E-state index in [-0.39, 0.29) is 0 Å². The van der Waals surface area contributed by atoms with Crippen LogP contribution in [0.4, 0.5) is 5.82 Å². The van der Waals surface area contributed by atoms with Crippen molar-refractivity contribution in [3.8, 4) is 0 Å². The number of thiazole rings is 1. The lowest BCUT2D eigenvalue weighted by Crippen LogP contribution is -2.03. The molecule has 3 heterocycles. The van der Waals surface area contributed by atoms with Gasteiger partial charge in [0, 0.05) is 23.5 Å². The number of imidazole rings is 1. The molecule has 0 unspecified atom stereocenters. The lowest BCUT2D eigenvalue weighted by Gasteiger charge is -2.06. The van der Waals surface area contributed by atoms with E-state index in [0.717, 1.165) is 28.7 Å². The standard InChI is InChI=1S/C12H12N4S/c1-9-8-17-12(15-9)7-14-11-4-2-3-10-13-5-6-16(10)11/h2-6,8,14H,7H2,1H3. The molecule has 0 saturated heterocycles. The Morgan fingerprint density at radius 1 is 1.41 bits per heavy atom. The number of rotatable bonds is 3. The predicted octanol–water partition coefficient (Wildman–Crippen LogP) is 2.71. The Morgan fingerprint density at radius 3 is 3.18 bits per heavy atom. The number of aryl methyl sites for hydroxylation is 1. The van der Waals surface area contributed by atoms with Crippen LogP contribution in [0.5, 0.6) is 0 Å². The first-order valence-corrected chi connectivity index (χ1v) is 6.28. The lowest BCUT2D eigenvalue weighted by atomic mass is 10.4. The van der Waals surface area contributed by atoms with Crippen molar-refractivity contribution in [1.82, 2.24) is 14.4 Å². The fourth-order valence-electron chi connectivity index (χ4n) is 1.74. The van der Waals surface area contributed by atoms with E-state index in [4.69, 9.17) is 0 Å². The molecular formula is C12H12N4S. The minimum absolute atomic E-state index is 0.746. The molecule has 0 bridgehead atoms. The van der Waals surface area contributed by atoms with Crippen molar-refractivity contribution in [3.63, 3.8) is 0 Å². The van der Waals surface area contributed by atoms with Crippen molar-refractivity contribution in [2.24, 2.45) is 0 Å². The van der Waals surface area contributed by atoms with Gasteiger partial charge in [-0.2, -0.15) is 0 Å². The van der Waals surface area contributed by atoms with Gasteiger partial charge in [0.15, 0.2) is 0 Å². The number of aromatic nitrogens is 3. The smallest absolute Gasteiger partial charge is 0.138 e. The molecule has 17 heavy (non-hydrogen) atoms. The number of anilines is 1. The second kappa shape index (κ2) is 4.18. The van der Waals surface area contributed by atoms with Crippen molar-refractivity contribution >= 4 is 22.8 Å². The Morgan fingerprint density at radius 2 is 2.35 bits per heavy atom. The third-order valence-corrected chi connectivity index (χ3v) is 3.48. The first-order valence-electron chi connectivity index (χ1n) is 5.40. The SMILES string of the molecule is Cc1csc(CNc2cccc3nccn23)n1. The maximum absolute atomic E-state index is 4.42. The summed E-state index contributed by atoms with van der Waals surface area (Å²) in [4.78, 5) is 8.67. The van der Waals surface area contributed by atoms with E-state index in [1.54, 1.807) is 17.5 Å². The second-order valence-corrected chi connectivity index (χ2v) is 4.75. The van der Waals surface area contributed by atoms with Gasteiger partial charge in [-0.3, -0.25) is 4.40 Å². The zero-order valence-corrected chi connectivity index (χ0v) is 10.2. The number of nitrogens with one attached hydrogen (secondary N) is 1. The number of pyridine rings is 1. The van der Waals surface area contributed by atoms with Crippen LogP contribution in [0.2, 0.25) is 0 Å². The number of hydrogen-bond donors (Lipinski definition) is 1. The zero-order valence-electron chi connectivity index (χ0n) is 9.42. The highest BCUT2D eigenvalue weighted by molar-refractivity contribution is 7.09. The highest BCUT2D eigenvalue weighted by atomic mass is 32.1. The van der Waals surface area contributed by atoms with Gasteiger partial charge >= 0.3 is 0 Å². The second-order valence-electron chi connectivity index (χ2n) is 3.80. The van der Waals surface area contributed by atoms with E-state index in [1.165, 1.54) is 0 Å². The average Bonchev–Trinajstić information content (AvgIpc) is 2.94. The highest BCUT2D eigenvalue weighted by Gasteiger charge is 2.02. The normalized spacial score (nSPS) is 10.9. The van der Waals surface area contributed by atoms with Crippen LogP contribution in [0.15, 0.2) is 36.0 Å². The molecule has 0 aliphatic rings. The van der Waals surface area contributed by atoms with E-state index >= 15 is 0 Å². The summed E-state index contributed by atoms with van der Waals surface area (Å²) < 4.78 is 2.03. The molecule has 3 rings (SSSR count). The van der Waals surface area contributed by atoms with Gasteiger partial charge in [0.2, 0.25) is 0 Å². The maximum atomic E-state index is 4.42. The van der Waals surface area contributed by atoms with Crippen LogP contribution in [-0.4, -0.2) is 14.4 Å². The van der Waals surface area contributed by atoms with Crippen LogP contribution < -0.4 is 5.32 Å². The summed E-state index contributed by atoms with van der Waals surface area (Å²) in [5.41, 5.74) is 2.03. The minimum Gasteiger partial charge on any atom is -0.365 e. The molecule has 3 aromatic heterocycles. The average molecular weight is 244 g/mol. The molecule has 3 aromatic rings. The molecule has 4 nitrogen and oxygen atoms in total. The Balaban J connectivity index is 1.83. The van der Waals surface area contributed by atoms with Gasteiger partial charge in [0.05, 0.1) is 6.54 Å². The summed E-state index contributed by atoms with van der Waals surface area (Å²) in [5.74, 6) is 1.04. The first kappa shape index (κ1) is 10.3. The quantitative estimate of drug-likeness (QED) is 0.770. The summed E-state index contributed by atoms with van der Waals surface area (Å²) in [6.45, 7) is 2.76. The van der Waals surface area contributed by atoms with Gasteiger partial charge in [0.25, 0.3) is 0 Å². The molecule has 1 N–H and O–H groups in total. The van der Waals surface area contributed by atoms with Crippen molar-refractivity contribution < 1.29 is 0 Å². The Kier molecular flexibility index (Phi) is 2.53. The molecule has 0 saturated carbocycles. The summed E-state index contributed by atoms with van der Waals surface area (Å²) in [5, 5.41) is 6.54. The number of fused-ring (bicyclic) bond motifs is 1. The Labute approximate surface area is 103 Å². The molecule has 0 radical (unpaired) electrons. The van der Waals surface area contributed by atoms with Crippen LogP contribution in [0, 0.1) is 6.92 Å². The molecule has 0 aromatic carbocycles. The highest BCUT2D eigenvalue weighted by Crippen LogP contribution is 2.14. The topological polar surface area (TPSA) is 42.2 Å². The summed E-state index contributed by atoms with van der Waals surface area (Å²) in [7, 11) is 0. The van der Waals surface area contributed by atoms with Crippen molar-refractivity contribution in [2.45, 2.75) is 13.5 Å². The molecule has 0 atom stereocenters.